The number of thiazole rings is 2. The van der Waals surface area contributed by atoms with Crippen LogP contribution in [0.4, 0.5) is 9.59 Å². The molecule has 24 heteroatoms. The van der Waals surface area contributed by atoms with Crippen LogP contribution in [0.15, 0.2) is 151 Å². The number of amides is 5. The maximum Gasteiger partial charge on any atom is 0.407 e. The third kappa shape index (κ3) is 15.2. The van der Waals surface area contributed by atoms with E-state index in [4.69, 9.17) is 26.7 Å². The molecule has 2 aliphatic rings. The zero-order chi connectivity index (χ0) is 60.8. The Balaban J connectivity index is 0.746. The van der Waals surface area contributed by atoms with E-state index < -0.39 is 72.4 Å². The van der Waals surface area contributed by atoms with E-state index in [0.29, 0.717) is 24.0 Å². The molecule has 2 heterocycles. The van der Waals surface area contributed by atoms with E-state index in [-0.39, 0.29) is 79.7 Å². The Hall–Kier alpha value is -9.46. The van der Waals surface area contributed by atoms with Gasteiger partial charge in [0.05, 0.1) is 32.5 Å². The van der Waals surface area contributed by atoms with Crippen molar-refractivity contribution in [3.05, 3.63) is 178 Å². The highest BCUT2D eigenvalue weighted by atomic mass is 32.1. The highest BCUT2D eigenvalue weighted by Gasteiger charge is 2.34. The lowest BCUT2D eigenvalue weighted by Crippen LogP contribution is -2.52. The number of rotatable bonds is 26. The van der Waals surface area contributed by atoms with Crippen LogP contribution in [0.1, 0.15) is 92.2 Å². The number of benzene rings is 6. The summed E-state index contributed by atoms with van der Waals surface area (Å²) in [5.74, 6) is -3.56. The van der Waals surface area contributed by atoms with E-state index in [2.05, 4.69) is 52.4 Å². The fourth-order valence-corrected chi connectivity index (χ4v) is 12.7. The Bertz CT molecular complexity index is 3710. The molecule has 22 nitrogen and oxygen atoms in total. The van der Waals surface area contributed by atoms with E-state index in [1.165, 1.54) is 22.7 Å². The minimum Gasteiger partial charge on any atom is -0.449 e. The van der Waals surface area contributed by atoms with Gasteiger partial charge in [0.1, 0.15) is 32.1 Å². The number of carbonyl (C=O) groups excluding carboxylic acids is 7. The first-order chi connectivity index (χ1) is 42.3. The van der Waals surface area contributed by atoms with Gasteiger partial charge in [-0.15, -0.1) is 22.7 Å². The molecule has 13 N–H and O–H groups in total. The molecule has 6 aromatic carbocycles. The van der Waals surface area contributed by atoms with Gasteiger partial charge in [0, 0.05) is 24.8 Å². The van der Waals surface area contributed by atoms with Crippen LogP contribution in [0.3, 0.4) is 0 Å². The summed E-state index contributed by atoms with van der Waals surface area (Å²) >= 11 is 2.37. The summed E-state index contributed by atoms with van der Waals surface area (Å²) in [5, 5.41) is 14.0. The molecule has 87 heavy (non-hydrogen) atoms. The summed E-state index contributed by atoms with van der Waals surface area (Å²) in [6, 6.07) is 42.6. The Morgan fingerprint density at radius 3 is 1.52 bits per heavy atom. The van der Waals surface area contributed by atoms with Crippen LogP contribution < -0.4 is 54.6 Å². The zero-order valence-electron chi connectivity index (χ0n) is 47.2. The molecular weight excluding hydrogens is 1150 g/mol. The zero-order valence-corrected chi connectivity index (χ0v) is 48.8. The molecule has 0 spiro atoms. The Kier molecular flexibility index (Phi) is 20.0. The van der Waals surface area contributed by atoms with Crippen LogP contribution in [0.5, 0.6) is 0 Å². The summed E-state index contributed by atoms with van der Waals surface area (Å²) in [5.41, 5.74) is 32.1. The van der Waals surface area contributed by atoms with E-state index in [9.17, 15) is 33.6 Å². The number of aromatic nitrogens is 2. The van der Waals surface area contributed by atoms with Gasteiger partial charge >= 0.3 is 12.2 Å². The summed E-state index contributed by atoms with van der Waals surface area (Å²) in [7, 11) is 0. The lowest BCUT2D eigenvalue weighted by atomic mass is 9.98. The number of guanidine groups is 1. The smallest absolute Gasteiger partial charge is 0.407 e. The van der Waals surface area contributed by atoms with Crippen molar-refractivity contribution in [3.8, 4) is 22.3 Å². The molecular formula is C63H65N13O9S2. The van der Waals surface area contributed by atoms with Crippen molar-refractivity contribution in [1.29, 1.82) is 0 Å². The van der Waals surface area contributed by atoms with Crippen molar-refractivity contribution in [1.82, 2.24) is 47.4 Å². The summed E-state index contributed by atoms with van der Waals surface area (Å²) in [6.45, 7) is -0.0982. The molecule has 8 aromatic rings. The van der Waals surface area contributed by atoms with Crippen LogP contribution in [0, 0.1) is 0 Å². The number of Topliss-reactive ketones (excluding diaryl/α,β-unsaturated/α-hetero) is 2. The van der Waals surface area contributed by atoms with Crippen molar-refractivity contribution in [3.63, 3.8) is 0 Å². The van der Waals surface area contributed by atoms with E-state index in [1.807, 2.05) is 133 Å². The normalized spacial score (nSPS) is 13.6. The number of alkyl carbamates (subject to hydrolysis) is 2. The monoisotopic (exact) mass is 1210 g/mol. The minimum atomic E-state index is -1.37. The average Bonchev–Trinajstić information content (AvgIpc) is 2.06. The number of aliphatic imine (C=N–C) groups is 1. The summed E-state index contributed by atoms with van der Waals surface area (Å²) < 4.78 is 13.0. The van der Waals surface area contributed by atoms with Crippen molar-refractivity contribution in [2.45, 2.75) is 74.8 Å². The number of hydrazine groups is 1. The van der Waals surface area contributed by atoms with Gasteiger partial charge in [-0.3, -0.25) is 45.1 Å². The van der Waals surface area contributed by atoms with Crippen molar-refractivity contribution in [2.75, 3.05) is 32.8 Å². The van der Waals surface area contributed by atoms with Crippen LogP contribution in [-0.2, 0) is 23.9 Å². The van der Waals surface area contributed by atoms with Gasteiger partial charge < -0.3 is 47.9 Å². The molecule has 3 atom stereocenters. The van der Waals surface area contributed by atoms with E-state index >= 15 is 0 Å². The van der Waals surface area contributed by atoms with Gasteiger partial charge in [-0.1, -0.05) is 121 Å². The molecule has 10 rings (SSSR count). The molecule has 0 bridgehead atoms. The standard InChI is InChI=1S/C63H65N13O9S2/c64-60(65)67-31-13-26-49(56(80)59-73-47-24-10-12-28-52(47)87-59)71-57(81)50(74-63(83)85-35-45-42-21-7-3-17-38(42)39-18-4-8-22-43(39)45)29-30-53(77)75-76-61(66)68-32-14-25-48(55(79)58-72-46-23-9-11-27-51(46)86-58)70-54(78)33-69-62(82)84-34-44-40-19-5-1-15-36(40)37-16-2-6-20-41(37)44/h1-12,15-24,27-28,44-45,48-50,60,67H,13-14,25-26,29-35,64-65H2,(H,69,82)(H,70,78)(H,71,81)(H,74,83)(H,75,77)(H3,66,68,76)/t48-,49-,50-/m0/s1. The first-order valence-corrected chi connectivity index (χ1v) is 30.1. The number of para-hydroxylation sites is 2. The second kappa shape index (κ2) is 28.6. The van der Waals surface area contributed by atoms with Gasteiger partial charge in [0.25, 0.3) is 0 Å². The van der Waals surface area contributed by atoms with Crippen LogP contribution in [0.2, 0.25) is 0 Å². The number of ketones is 2. The Morgan fingerprint density at radius 2 is 1.00 bits per heavy atom. The van der Waals surface area contributed by atoms with Crippen LogP contribution in [-0.4, -0.2) is 115 Å². The number of nitrogens with two attached hydrogens (primary N) is 3. The van der Waals surface area contributed by atoms with Gasteiger partial charge in [0.15, 0.2) is 10.0 Å². The fraction of sp³-hybridized carbons (Fsp3) is 0.270. The molecule has 0 fully saturated rings. The SMILES string of the molecule is NC(=NCCC[C@H](NC(=O)CNC(=O)OCC1c2ccccc2-c2ccccc21)C(=O)c1nc2ccccc2s1)NNC(=O)CC[C@H](NC(=O)OCC1c2ccccc2-c2ccccc21)C(=O)N[C@@H](CCCNC(N)N)C(=O)c1nc2ccccc2s1. The maximum absolute atomic E-state index is 14.3. The Morgan fingerprint density at radius 1 is 0.529 bits per heavy atom. The minimum absolute atomic E-state index is 0.0461. The molecule has 0 saturated carbocycles. The van der Waals surface area contributed by atoms with Gasteiger partial charge in [-0.2, -0.15) is 0 Å². The molecule has 0 saturated heterocycles. The number of nitrogens with zero attached hydrogens (tertiary/aromatic N) is 3. The number of ether oxygens (including phenoxy) is 2. The maximum atomic E-state index is 14.3. The number of carbonyl (C=O) groups is 7. The second-order valence-corrected chi connectivity index (χ2v) is 22.9. The van der Waals surface area contributed by atoms with E-state index in [0.717, 1.165) is 53.9 Å². The first kappa shape index (κ1) is 60.7. The van der Waals surface area contributed by atoms with Crippen LogP contribution in [0.25, 0.3) is 42.7 Å². The lowest BCUT2D eigenvalue weighted by molar-refractivity contribution is -0.125. The van der Waals surface area contributed by atoms with E-state index in [1.54, 1.807) is 12.1 Å². The summed E-state index contributed by atoms with van der Waals surface area (Å²) in [6.07, 6.45) is -2.25. The number of fused-ring (bicyclic) bond motifs is 8. The van der Waals surface area contributed by atoms with Crippen molar-refractivity contribution >= 4 is 90.5 Å². The Labute approximate surface area is 508 Å². The summed E-state index contributed by atoms with van der Waals surface area (Å²) in [4.78, 5) is 109. The predicted octanol–water partition coefficient (Wildman–Crippen LogP) is 6.45. The third-order valence-electron chi connectivity index (χ3n) is 15.0. The van der Waals surface area contributed by atoms with Crippen molar-refractivity contribution < 1.29 is 43.0 Å². The highest BCUT2D eigenvalue weighted by Crippen LogP contribution is 2.46. The molecule has 2 aromatic heterocycles. The van der Waals surface area contributed by atoms with Crippen LogP contribution >= 0.6 is 22.7 Å². The molecule has 448 valence electrons. The second-order valence-electron chi connectivity index (χ2n) is 20.8. The third-order valence-corrected chi connectivity index (χ3v) is 17.1. The molecule has 0 radical (unpaired) electrons. The molecule has 0 aliphatic heterocycles. The lowest BCUT2D eigenvalue weighted by Gasteiger charge is -2.23. The van der Waals surface area contributed by atoms with Gasteiger partial charge in [-0.25, -0.2) is 19.6 Å². The molecule has 0 unspecified atom stereocenters. The fourth-order valence-electron chi connectivity index (χ4n) is 10.7. The largest absolute Gasteiger partial charge is 0.449 e. The number of nitrogens with one attached hydrogen (secondary N) is 7. The number of hydrogen-bond donors (Lipinski definition) is 10. The first-order valence-electron chi connectivity index (χ1n) is 28.5. The number of hydrogen-bond acceptors (Lipinski definition) is 17. The van der Waals surface area contributed by atoms with Gasteiger partial charge in [-0.05, 0) is 107 Å². The predicted molar refractivity (Wildman–Crippen MR) is 332 cm³/mol. The quantitative estimate of drug-likeness (QED) is 0.00695. The molecule has 5 amide bonds. The molecule has 2 aliphatic carbocycles. The van der Waals surface area contributed by atoms with Crippen molar-refractivity contribution in [2.24, 2.45) is 22.2 Å². The van der Waals surface area contributed by atoms with Gasteiger partial charge in [0.2, 0.25) is 35.2 Å². The topological polar surface area (TPSA) is 338 Å². The average molecular weight is 1210 g/mol. The highest BCUT2D eigenvalue weighted by molar-refractivity contribution is 7.20.